The number of nitriles is 1. The van der Waals surface area contributed by atoms with Crippen LogP contribution in [0, 0.1) is 17.2 Å². The first-order valence-electron chi connectivity index (χ1n) is 10.5. The van der Waals surface area contributed by atoms with Crippen LogP contribution in [0.25, 0.3) is 0 Å². The van der Waals surface area contributed by atoms with Crippen molar-refractivity contribution in [3.05, 3.63) is 29.3 Å². The average Bonchev–Trinajstić information content (AvgIpc) is 3.20. The Labute approximate surface area is 191 Å². The maximum absolute atomic E-state index is 12.8. The fraction of sp³-hybridized carbons (Fsp3) is 0.500. The van der Waals surface area contributed by atoms with Crippen molar-refractivity contribution in [2.24, 2.45) is 5.92 Å². The molecule has 1 saturated heterocycles. The fourth-order valence-electron chi connectivity index (χ4n) is 3.85. The highest BCUT2D eigenvalue weighted by atomic mass is 32.2. The molecule has 1 N–H and O–H groups in total. The second kappa shape index (κ2) is 10.0. The molecule has 0 aromatic heterocycles. The Morgan fingerprint density at radius 1 is 1.25 bits per heavy atom. The number of amides is 3. The standard InChI is InChI=1S/C22H26N4O5S/c1-4-26-18(10-13(12-23)22(30)31-5-2)32-17(21(26)29)8-9-24-14-6-7-15-16(11-14)20(28)25(3)19(15)27/h6-7,11,13,17-18,24H,4-5,8-10H2,1-3H3. The van der Waals surface area contributed by atoms with Crippen LogP contribution < -0.4 is 5.32 Å². The largest absolute Gasteiger partial charge is 0.465 e. The molecule has 0 aliphatic carbocycles. The number of carbonyl (C=O) groups is 4. The monoisotopic (exact) mass is 458 g/mol. The molecular formula is C22H26N4O5S. The summed E-state index contributed by atoms with van der Waals surface area (Å²) in [5.41, 5.74) is 1.46. The first-order valence-corrected chi connectivity index (χ1v) is 11.5. The van der Waals surface area contributed by atoms with Crippen molar-refractivity contribution in [2.45, 2.75) is 37.3 Å². The molecule has 3 rings (SSSR count). The van der Waals surface area contributed by atoms with Gasteiger partial charge in [0.05, 0.1) is 34.4 Å². The Morgan fingerprint density at radius 2 is 1.97 bits per heavy atom. The molecule has 170 valence electrons. The Kier molecular flexibility index (Phi) is 7.40. The minimum absolute atomic E-state index is 0.0128. The smallest absolute Gasteiger partial charge is 0.323 e. The van der Waals surface area contributed by atoms with Gasteiger partial charge < -0.3 is 15.0 Å². The number of nitrogens with one attached hydrogen (secondary N) is 1. The number of hydrogen-bond donors (Lipinski definition) is 1. The third kappa shape index (κ3) is 4.58. The zero-order chi connectivity index (χ0) is 23.4. The van der Waals surface area contributed by atoms with Crippen LogP contribution in [0.2, 0.25) is 0 Å². The van der Waals surface area contributed by atoms with Crippen LogP contribution in [-0.4, -0.2) is 70.9 Å². The molecule has 32 heavy (non-hydrogen) atoms. The fourth-order valence-corrected chi connectivity index (χ4v) is 5.44. The first-order chi connectivity index (χ1) is 15.3. The van der Waals surface area contributed by atoms with Crippen LogP contribution in [0.1, 0.15) is 47.4 Å². The van der Waals surface area contributed by atoms with Crippen molar-refractivity contribution in [2.75, 3.05) is 32.1 Å². The maximum Gasteiger partial charge on any atom is 0.323 e. The first kappa shape index (κ1) is 23.6. The van der Waals surface area contributed by atoms with E-state index in [1.165, 1.54) is 18.8 Å². The van der Waals surface area contributed by atoms with Gasteiger partial charge in [-0.1, -0.05) is 0 Å². The number of esters is 1. The molecular weight excluding hydrogens is 432 g/mol. The number of ether oxygens (including phenoxy) is 1. The number of hydrogen-bond acceptors (Lipinski definition) is 8. The highest BCUT2D eigenvalue weighted by Gasteiger charge is 2.41. The summed E-state index contributed by atoms with van der Waals surface area (Å²) in [6.45, 7) is 4.75. The van der Waals surface area contributed by atoms with E-state index in [-0.39, 0.29) is 41.4 Å². The quantitative estimate of drug-likeness (QED) is 0.441. The molecule has 2 aliphatic rings. The summed E-state index contributed by atoms with van der Waals surface area (Å²) in [7, 11) is 1.45. The van der Waals surface area contributed by atoms with E-state index in [9.17, 15) is 24.4 Å². The molecule has 1 fully saturated rings. The number of nitrogens with zero attached hydrogens (tertiary/aromatic N) is 3. The molecule has 3 atom stereocenters. The lowest BCUT2D eigenvalue weighted by Crippen LogP contribution is -2.36. The molecule has 2 heterocycles. The summed E-state index contributed by atoms with van der Waals surface area (Å²) in [5.74, 6) is -2.12. The predicted molar refractivity (Wildman–Crippen MR) is 119 cm³/mol. The van der Waals surface area contributed by atoms with Crippen molar-refractivity contribution in [3.63, 3.8) is 0 Å². The lowest BCUT2D eigenvalue weighted by atomic mass is 10.1. The highest BCUT2D eigenvalue weighted by molar-refractivity contribution is 8.01. The number of fused-ring (bicyclic) bond motifs is 1. The van der Waals surface area contributed by atoms with Gasteiger partial charge in [-0.3, -0.25) is 24.1 Å². The van der Waals surface area contributed by atoms with Crippen LogP contribution in [0.4, 0.5) is 5.69 Å². The van der Waals surface area contributed by atoms with Gasteiger partial charge in [-0.2, -0.15) is 5.26 Å². The molecule has 0 radical (unpaired) electrons. The van der Waals surface area contributed by atoms with Gasteiger partial charge in [-0.15, -0.1) is 11.8 Å². The Bertz CT molecular complexity index is 976. The van der Waals surface area contributed by atoms with Crippen LogP contribution in [0.15, 0.2) is 18.2 Å². The van der Waals surface area contributed by atoms with Crippen LogP contribution in [-0.2, 0) is 14.3 Å². The summed E-state index contributed by atoms with van der Waals surface area (Å²) in [5, 5.41) is 12.0. The Hall–Kier alpha value is -3.06. The van der Waals surface area contributed by atoms with Gasteiger partial charge in [0.1, 0.15) is 5.92 Å². The van der Waals surface area contributed by atoms with E-state index >= 15 is 0 Å². The van der Waals surface area contributed by atoms with E-state index < -0.39 is 11.9 Å². The highest BCUT2D eigenvalue weighted by Crippen LogP contribution is 2.37. The van der Waals surface area contributed by atoms with Gasteiger partial charge in [0.15, 0.2) is 0 Å². The van der Waals surface area contributed by atoms with E-state index in [1.54, 1.807) is 30.0 Å². The van der Waals surface area contributed by atoms with Crippen molar-refractivity contribution in [1.82, 2.24) is 9.80 Å². The van der Waals surface area contributed by atoms with Crippen molar-refractivity contribution < 1.29 is 23.9 Å². The van der Waals surface area contributed by atoms with Crippen molar-refractivity contribution >= 4 is 41.1 Å². The molecule has 0 bridgehead atoms. The predicted octanol–water partition coefficient (Wildman–Crippen LogP) is 2.10. The molecule has 10 heteroatoms. The molecule has 1 aromatic carbocycles. The molecule has 2 aliphatic heterocycles. The summed E-state index contributed by atoms with van der Waals surface area (Å²) in [6, 6.07) is 7.01. The van der Waals surface area contributed by atoms with Crippen LogP contribution >= 0.6 is 11.8 Å². The molecule has 3 unspecified atom stereocenters. The van der Waals surface area contributed by atoms with Crippen molar-refractivity contribution in [3.8, 4) is 6.07 Å². The van der Waals surface area contributed by atoms with Crippen LogP contribution in [0.5, 0.6) is 0 Å². The number of rotatable bonds is 9. The summed E-state index contributed by atoms with van der Waals surface area (Å²) in [6.07, 6.45) is 0.773. The number of anilines is 1. The van der Waals surface area contributed by atoms with Crippen LogP contribution in [0.3, 0.4) is 0 Å². The van der Waals surface area contributed by atoms with Gasteiger partial charge in [0, 0.05) is 32.2 Å². The Balaban J connectivity index is 1.59. The van der Waals surface area contributed by atoms with E-state index in [0.29, 0.717) is 36.3 Å². The molecule has 0 spiro atoms. The third-order valence-electron chi connectivity index (χ3n) is 5.56. The third-order valence-corrected chi connectivity index (χ3v) is 7.08. The molecule has 9 nitrogen and oxygen atoms in total. The number of imide groups is 1. The van der Waals surface area contributed by atoms with Gasteiger partial charge in [-0.05, 0) is 38.5 Å². The zero-order valence-electron chi connectivity index (χ0n) is 18.3. The SMILES string of the molecule is CCOC(=O)C(C#N)CC1SC(CCNc2ccc3c(c2)C(=O)N(C)C3=O)C(=O)N1CC. The lowest BCUT2D eigenvalue weighted by Gasteiger charge is -2.23. The topological polar surface area (TPSA) is 120 Å². The maximum atomic E-state index is 12.8. The van der Waals surface area contributed by atoms with Gasteiger partial charge in [0.25, 0.3) is 11.8 Å². The normalized spacial score (nSPS) is 20.9. The summed E-state index contributed by atoms with van der Waals surface area (Å²) >= 11 is 1.46. The second-order valence-corrected chi connectivity index (χ2v) is 8.90. The molecule has 1 aromatic rings. The van der Waals surface area contributed by atoms with Crippen molar-refractivity contribution in [1.29, 1.82) is 5.26 Å². The van der Waals surface area contributed by atoms with E-state index in [1.807, 2.05) is 13.0 Å². The molecule has 3 amide bonds. The number of benzene rings is 1. The van der Waals surface area contributed by atoms with E-state index in [0.717, 1.165) is 4.90 Å². The van der Waals surface area contributed by atoms with Gasteiger partial charge in [-0.25, -0.2) is 0 Å². The lowest BCUT2D eigenvalue weighted by molar-refractivity contribution is -0.146. The summed E-state index contributed by atoms with van der Waals surface area (Å²) < 4.78 is 4.96. The molecule has 0 saturated carbocycles. The van der Waals surface area contributed by atoms with E-state index in [2.05, 4.69) is 5.32 Å². The minimum Gasteiger partial charge on any atom is -0.465 e. The summed E-state index contributed by atoms with van der Waals surface area (Å²) in [4.78, 5) is 51.7. The second-order valence-electron chi connectivity index (χ2n) is 7.52. The minimum atomic E-state index is -0.907. The van der Waals surface area contributed by atoms with Gasteiger partial charge in [0.2, 0.25) is 5.91 Å². The van der Waals surface area contributed by atoms with E-state index in [4.69, 9.17) is 4.74 Å². The number of carbonyl (C=O) groups excluding carboxylic acids is 4. The number of thioether (sulfide) groups is 1. The zero-order valence-corrected chi connectivity index (χ0v) is 19.1. The van der Waals surface area contributed by atoms with Gasteiger partial charge >= 0.3 is 5.97 Å². The average molecular weight is 459 g/mol. The Morgan fingerprint density at radius 3 is 2.62 bits per heavy atom.